The van der Waals surface area contributed by atoms with Gasteiger partial charge >= 0.3 is 0 Å². The molecule has 3 nitrogen and oxygen atoms in total. The highest BCUT2D eigenvalue weighted by molar-refractivity contribution is 5.36. The first kappa shape index (κ1) is 13.1. The molecule has 0 amide bonds. The SMILES string of the molecule is CC(C)(C#N)CCCOc1cccc(C#N)c1. The highest BCUT2D eigenvalue weighted by atomic mass is 16.5. The van der Waals surface area contributed by atoms with Crippen molar-refractivity contribution in [2.24, 2.45) is 5.41 Å². The number of hydrogen-bond donors (Lipinski definition) is 0. The molecule has 0 unspecified atom stereocenters. The van der Waals surface area contributed by atoms with Crippen molar-refractivity contribution in [1.29, 1.82) is 10.5 Å². The Kier molecular flexibility index (Phi) is 4.55. The van der Waals surface area contributed by atoms with E-state index in [2.05, 4.69) is 12.1 Å². The van der Waals surface area contributed by atoms with Crippen LogP contribution in [-0.2, 0) is 0 Å². The third-order valence-electron chi connectivity index (χ3n) is 2.48. The van der Waals surface area contributed by atoms with Crippen molar-refractivity contribution in [3.8, 4) is 17.9 Å². The molecule has 0 aliphatic heterocycles. The maximum absolute atomic E-state index is 8.85. The largest absolute Gasteiger partial charge is 0.494 e. The van der Waals surface area contributed by atoms with Crippen LogP contribution in [0.3, 0.4) is 0 Å². The lowest BCUT2D eigenvalue weighted by Gasteiger charge is -2.14. The van der Waals surface area contributed by atoms with Gasteiger partial charge in [-0.15, -0.1) is 0 Å². The van der Waals surface area contributed by atoms with E-state index >= 15 is 0 Å². The van der Waals surface area contributed by atoms with Crippen LogP contribution in [0.2, 0.25) is 0 Å². The van der Waals surface area contributed by atoms with E-state index in [1.807, 2.05) is 19.9 Å². The van der Waals surface area contributed by atoms with Crippen molar-refractivity contribution in [3.63, 3.8) is 0 Å². The Hall–Kier alpha value is -2.00. The molecule has 0 N–H and O–H groups in total. The predicted octanol–water partition coefficient (Wildman–Crippen LogP) is 3.27. The lowest BCUT2D eigenvalue weighted by Crippen LogP contribution is -2.10. The van der Waals surface area contributed by atoms with Crippen LogP contribution in [0, 0.1) is 28.1 Å². The summed E-state index contributed by atoms with van der Waals surface area (Å²) in [5.74, 6) is 0.707. The normalized spacial score (nSPS) is 10.4. The Labute approximate surface area is 102 Å². The number of nitriles is 2. The quantitative estimate of drug-likeness (QED) is 0.727. The zero-order chi connectivity index (χ0) is 12.7. The van der Waals surface area contributed by atoms with Gasteiger partial charge in [0, 0.05) is 0 Å². The molecule has 0 aliphatic rings. The van der Waals surface area contributed by atoms with Gasteiger partial charge in [0.05, 0.1) is 29.7 Å². The average molecular weight is 228 g/mol. The summed E-state index contributed by atoms with van der Waals surface area (Å²) in [6.07, 6.45) is 1.64. The Morgan fingerprint density at radius 2 is 2.06 bits per heavy atom. The molecule has 0 heterocycles. The van der Waals surface area contributed by atoms with Gasteiger partial charge in [0.1, 0.15) is 5.75 Å². The van der Waals surface area contributed by atoms with Crippen molar-refractivity contribution in [1.82, 2.24) is 0 Å². The fourth-order valence-electron chi connectivity index (χ4n) is 1.42. The highest BCUT2D eigenvalue weighted by Gasteiger charge is 2.15. The summed E-state index contributed by atoms with van der Waals surface area (Å²) in [7, 11) is 0. The summed E-state index contributed by atoms with van der Waals surface area (Å²) in [6.45, 7) is 4.41. The van der Waals surface area contributed by atoms with Gasteiger partial charge in [0.25, 0.3) is 0 Å². The molecule has 0 saturated heterocycles. The molecule has 0 atom stereocenters. The Bertz CT molecular complexity index is 452. The van der Waals surface area contributed by atoms with Crippen molar-refractivity contribution in [2.45, 2.75) is 26.7 Å². The van der Waals surface area contributed by atoms with Gasteiger partial charge in [-0.3, -0.25) is 0 Å². The lowest BCUT2D eigenvalue weighted by molar-refractivity contribution is 0.284. The summed E-state index contributed by atoms with van der Waals surface area (Å²) in [6, 6.07) is 11.4. The van der Waals surface area contributed by atoms with E-state index in [0.717, 1.165) is 12.8 Å². The van der Waals surface area contributed by atoms with Gasteiger partial charge < -0.3 is 4.74 Å². The fourth-order valence-corrected chi connectivity index (χ4v) is 1.42. The Morgan fingerprint density at radius 3 is 2.71 bits per heavy atom. The van der Waals surface area contributed by atoms with Gasteiger partial charge in [0.2, 0.25) is 0 Å². The number of ether oxygens (including phenoxy) is 1. The zero-order valence-corrected chi connectivity index (χ0v) is 10.2. The third kappa shape index (κ3) is 4.57. The molecule has 0 aliphatic carbocycles. The van der Waals surface area contributed by atoms with Crippen LogP contribution in [0.5, 0.6) is 5.75 Å². The van der Waals surface area contributed by atoms with Crippen LogP contribution >= 0.6 is 0 Å². The third-order valence-corrected chi connectivity index (χ3v) is 2.48. The molecule has 1 aromatic rings. The van der Waals surface area contributed by atoms with Crippen LogP contribution in [0.4, 0.5) is 0 Å². The first-order chi connectivity index (χ1) is 8.07. The smallest absolute Gasteiger partial charge is 0.120 e. The molecule has 1 rings (SSSR count). The number of hydrogen-bond acceptors (Lipinski definition) is 3. The van der Waals surface area contributed by atoms with Crippen LogP contribution in [-0.4, -0.2) is 6.61 Å². The molecular weight excluding hydrogens is 212 g/mol. The van der Waals surface area contributed by atoms with Crippen molar-refractivity contribution in [2.75, 3.05) is 6.61 Å². The first-order valence-corrected chi connectivity index (χ1v) is 5.61. The summed E-state index contributed by atoms with van der Waals surface area (Å²) < 4.78 is 5.53. The predicted molar refractivity (Wildman–Crippen MR) is 65.3 cm³/mol. The molecule has 0 aromatic heterocycles. The van der Waals surface area contributed by atoms with Crippen molar-refractivity contribution in [3.05, 3.63) is 29.8 Å². The molecule has 0 spiro atoms. The molecular formula is C14H16N2O. The molecule has 0 radical (unpaired) electrons. The van der Waals surface area contributed by atoms with Crippen LogP contribution in [0.1, 0.15) is 32.3 Å². The monoisotopic (exact) mass is 228 g/mol. The van der Waals surface area contributed by atoms with E-state index in [-0.39, 0.29) is 5.41 Å². The number of nitrogens with zero attached hydrogens (tertiary/aromatic N) is 2. The van der Waals surface area contributed by atoms with Gasteiger partial charge in [-0.25, -0.2) is 0 Å². The molecule has 17 heavy (non-hydrogen) atoms. The van der Waals surface area contributed by atoms with E-state index in [4.69, 9.17) is 15.3 Å². The van der Waals surface area contributed by atoms with Crippen LogP contribution in [0.25, 0.3) is 0 Å². The van der Waals surface area contributed by atoms with Crippen LogP contribution in [0.15, 0.2) is 24.3 Å². The second kappa shape index (κ2) is 5.92. The first-order valence-electron chi connectivity index (χ1n) is 5.61. The molecule has 88 valence electrons. The summed E-state index contributed by atoms with van der Waals surface area (Å²) >= 11 is 0. The van der Waals surface area contributed by atoms with Gasteiger partial charge in [0.15, 0.2) is 0 Å². The number of benzene rings is 1. The van der Waals surface area contributed by atoms with Crippen LogP contribution < -0.4 is 4.74 Å². The molecule has 3 heteroatoms. The van der Waals surface area contributed by atoms with E-state index in [1.165, 1.54) is 0 Å². The second-order valence-electron chi connectivity index (χ2n) is 4.59. The van der Waals surface area contributed by atoms with Gasteiger partial charge in [-0.1, -0.05) is 6.07 Å². The number of rotatable bonds is 5. The highest BCUT2D eigenvalue weighted by Crippen LogP contribution is 2.21. The lowest BCUT2D eigenvalue weighted by atomic mass is 9.90. The van der Waals surface area contributed by atoms with E-state index in [0.29, 0.717) is 17.9 Å². The van der Waals surface area contributed by atoms with E-state index in [9.17, 15) is 0 Å². The maximum Gasteiger partial charge on any atom is 0.120 e. The van der Waals surface area contributed by atoms with E-state index < -0.39 is 0 Å². The summed E-state index contributed by atoms with van der Waals surface area (Å²) in [5, 5.41) is 17.6. The maximum atomic E-state index is 8.85. The Balaban J connectivity index is 2.37. The molecule has 0 bridgehead atoms. The summed E-state index contributed by atoms with van der Waals surface area (Å²) in [5.41, 5.74) is 0.303. The summed E-state index contributed by atoms with van der Waals surface area (Å²) in [4.78, 5) is 0. The van der Waals surface area contributed by atoms with E-state index in [1.54, 1.807) is 18.2 Å². The van der Waals surface area contributed by atoms with Crippen molar-refractivity contribution < 1.29 is 4.74 Å². The Morgan fingerprint density at radius 1 is 1.29 bits per heavy atom. The van der Waals surface area contributed by atoms with Crippen molar-refractivity contribution >= 4 is 0 Å². The molecule has 1 aromatic carbocycles. The standard InChI is InChI=1S/C14H16N2O/c1-14(2,11-16)7-4-8-17-13-6-3-5-12(9-13)10-15/h3,5-6,9H,4,7-8H2,1-2H3. The minimum absolute atomic E-state index is 0.294. The second-order valence-corrected chi connectivity index (χ2v) is 4.59. The fraction of sp³-hybridized carbons (Fsp3) is 0.429. The minimum atomic E-state index is -0.294. The van der Waals surface area contributed by atoms with Gasteiger partial charge in [-0.05, 0) is 44.9 Å². The zero-order valence-electron chi connectivity index (χ0n) is 10.2. The average Bonchev–Trinajstić information content (AvgIpc) is 2.35. The van der Waals surface area contributed by atoms with Gasteiger partial charge in [-0.2, -0.15) is 10.5 Å². The molecule has 0 fully saturated rings. The topological polar surface area (TPSA) is 56.8 Å². The molecule has 0 saturated carbocycles. The minimum Gasteiger partial charge on any atom is -0.494 e.